The highest BCUT2D eigenvalue weighted by Gasteiger charge is 2.25. The molecule has 31 heavy (non-hydrogen) atoms. The molecule has 7 nitrogen and oxygen atoms in total. The molecule has 0 aliphatic rings. The Morgan fingerprint density at radius 3 is 2.48 bits per heavy atom. The fourth-order valence-electron chi connectivity index (χ4n) is 3.29. The van der Waals surface area contributed by atoms with Gasteiger partial charge in [0.1, 0.15) is 0 Å². The van der Waals surface area contributed by atoms with E-state index >= 15 is 0 Å². The van der Waals surface area contributed by atoms with Crippen molar-refractivity contribution in [2.75, 3.05) is 6.54 Å². The first-order chi connectivity index (χ1) is 14.6. The van der Waals surface area contributed by atoms with Gasteiger partial charge >= 0.3 is 5.97 Å². The number of carbonyl (C=O) groups is 3. The summed E-state index contributed by atoms with van der Waals surface area (Å²) in [5.74, 6) is -3.73. The van der Waals surface area contributed by atoms with E-state index in [-0.39, 0.29) is 51.5 Å². The van der Waals surface area contributed by atoms with Crippen LogP contribution in [-0.2, 0) is 16.0 Å². The third kappa shape index (κ3) is 4.50. The number of amides is 1. The lowest BCUT2D eigenvalue weighted by molar-refractivity contribution is -0.136. The molecule has 162 valence electrons. The number of hydrogen-bond acceptors (Lipinski definition) is 4. The molecule has 10 heteroatoms. The predicted octanol–water partition coefficient (Wildman–Crippen LogP) is 3.92. The Balaban J connectivity index is 2.09. The van der Waals surface area contributed by atoms with Crippen LogP contribution >= 0.6 is 23.2 Å². The first kappa shape index (κ1) is 22.6. The van der Waals surface area contributed by atoms with Gasteiger partial charge in [-0.3, -0.25) is 19.0 Å². The molecule has 0 atom stereocenters. The van der Waals surface area contributed by atoms with Crippen LogP contribution < -0.4 is 5.32 Å². The largest absolute Gasteiger partial charge is 0.505 e. The van der Waals surface area contributed by atoms with Gasteiger partial charge in [-0.05, 0) is 42.8 Å². The van der Waals surface area contributed by atoms with Crippen molar-refractivity contribution in [3.05, 3.63) is 63.0 Å². The third-order valence-electron chi connectivity index (χ3n) is 4.78. The lowest BCUT2D eigenvalue weighted by atomic mass is 10.1. The zero-order chi connectivity index (χ0) is 22.9. The number of aliphatic carboxylic acids is 1. The molecule has 3 aromatic rings. The molecular weight excluding hydrogens is 450 g/mol. The van der Waals surface area contributed by atoms with Gasteiger partial charge in [0.2, 0.25) is 5.91 Å². The van der Waals surface area contributed by atoms with Crippen LogP contribution in [0.3, 0.4) is 0 Å². The molecule has 0 saturated heterocycles. The van der Waals surface area contributed by atoms with Crippen LogP contribution in [-0.4, -0.2) is 39.1 Å². The summed E-state index contributed by atoms with van der Waals surface area (Å²) in [5.41, 5.74) is 0.853. The van der Waals surface area contributed by atoms with E-state index in [0.29, 0.717) is 5.69 Å². The first-order valence-corrected chi connectivity index (χ1v) is 9.87. The summed E-state index contributed by atoms with van der Waals surface area (Å²) < 4.78 is 16.1. The van der Waals surface area contributed by atoms with Crippen molar-refractivity contribution in [3.63, 3.8) is 0 Å². The minimum atomic E-state index is -1.07. The van der Waals surface area contributed by atoms with E-state index in [4.69, 9.17) is 28.3 Å². The quantitative estimate of drug-likeness (QED) is 0.509. The summed E-state index contributed by atoms with van der Waals surface area (Å²) >= 11 is 11.9. The highest BCUT2D eigenvalue weighted by molar-refractivity contribution is 6.42. The number of phenolic OH excluding ortho intramolecular Hbond substituents is 1. The summed E-state index contributed by atoms with van der Waals surface area (Å²) in [6.07, 6.45) is -0.582. The summed E-state index contributed by atoms with van der Waals surface area (Å²) in [4.78, 5) is 36.1. The zero-order valence-electron chi connectivity index (χ0n) is 16.2. The summed E-state index contributed by atoms with van der Waals surface area (Å²) in [5, 5.41) is 21.3. The lowest BCUT2D eigenvalue weighted by Gasteiger charge is -2.09. The second-order valence-corrected chi connectivity index (χ2v) is 7.61. The molecule has 0 radical (unpaired) electrons. The van der Waals surface area contributed by atoms with Crippen LogP contribution in [0, 0.1) is 12.7 Å². The number of rotatable bonds is 6. The molecule has 0 aliphatic carbocycles. The number of carboxylic acids is 1. The first-order valence-electron chi connectivity index (χ1n) is 9.11. The van der Waals surface area contributed by atoms with Crippen molar-refractivity contribution >= 4 is 51.9 Å². The second kappa shape index (κ2) is 8.95. The van der Waals surface area contributed by atoms with Crippen LogP contribution in [0.4, 0.5) is 4.39 Å². The van der Waals surface area contributed by atoms with E-state index < -0.39 is 29.4 Å². The number of benzene rings is 2. The summed E-state index contributed by atoms with van der Waals surface area (Å²) in [6.45, 7) is 1.45. The number of carbonyl (C=O) groups excluding carboxylic acids is 2. The third-order valence-corrected chi connectivity index (χ3v) is 5.52. The SMILES string of the molecule is Cc1c(CC(=O)NCCC(=O)O)c2c(F)c(O)ccc2n1C(=O)c1ccc(Cl)c(Cl)c1. The van der Waals surface area contributed by atoms with Gasteiger partial charge in [0, 0.05) is 23.2 Å². The van der Waals surface area contributed by atoms with E-state index in [9.17, 15) is 23.9 Å². The van der Waals surface area contributed by atoms with E-state index in [1.165, 1.54) is 28.8 Å². The molecule has 2 aromatic carbocycles. The van der Waals surface area contributed by atoms with Crippen LogP contribution in [0.5, 0.6) is 5.75 Å². The predicted molar refractivity (Wildman–Crippen MR) is 113 cm³/mol. The monoisotopic (exact) mass is 466 g/mol. The molecule has 0 fully saturated rings. The van der Waals surface area contributed by atoms with Crippen molar-refractivity contribution in [2.24, 2.45) is 0 Å². The fraction of sp³-hybridized carbons (Fsp3) is 0.190. The molecule has 0 spiro atoms. The van der Waals surface area contributed by atoms with E-state index in [2.05, 4.69) is 5.32 Å². The lowest BCUT2D eigenvalue weighted by Crippen LogP contribution is -2.27. The highest BCUT2D eigenvalue weighted by Crippen LogP contribution is 2.34. The van der Waals surface area contributed by atoms with Crippen molar-refractivity contribution in [2.45, 2.75) is 19.8 Å². The molecule has 0 bridgehead atoms. The van der Waals surface area contributed by atoms with Crippen molar-refractivity contribution < 1.29 is 29.0 Å². The highest BCUT2D eigenvalue weighted by atomic mass is 35.5. The van der Waals surface area contributed by atoms with Gasteiger partial charge in [0.25, 0.3) is 5.91 Å². The average molecular weight is 467 g/mol. The number of nitrogens with one attached hydrogen (secondary N) is 1. The second-order valence-electron chi connectivity index (χ2n) is 6.80. The Bertz CT molecular complexity index is 1220. The Morgan fingerprint density at radius 1 is 1.13 bits per heavy atom. The summed E-state index contributed by atoms with van der Waals surface area (Å²) in [7, 11) is 0. The Labute approximate surface area is 186 Å². The minimum absolute atomic E-state index is 0.0701. The molecule has 1 heterocycles. The van der Waals surface area contributed by atoms with Crippen molar-refractivity contribution in [1.29, 1.82) is 0 Å². The van der Waals surface area contributed by atoms with Gasteiger partial charge in [-0.15, -0.1) is 0 Å². The molecular formula is C21H17Cl2FN2O5. The van der Waals surface area contributed by atoms with Crippen LogP contribution in [0.2, 0.25) is 10.0 Å². The molecule has 1 amide bonds. The maximum Gasteiger partial charge on any atom is 0.305 e. The number of fused-ring (bicyclic) bond motifs is 1. The maximum atomic E-state index is 14.8. The van der Waals surface area contributed by atoms with Gasteiger partial charge in [-0.25, -0.2) is 4.39 Å². The number of aromatic nitrogens is 1. The normalized spacial score (nSPS) is 11.0. The van der Waals surface area contributed by atoms with E-state index in [0.717, 1.165) is 6.07 Å². The van der Waals surface area contributed by atoms with Crippen molar-refractivity contribution in [1.82, 2.24) is 9.88 Å². The number of halogens is 3. The van der Waals surface area contributed by atoms with Crippen LogP contribution in [0.1, 0.15) is 28.0 Å². The molecule has 3 N–H and O–H groups in total. The number of phenols is 1. The average Bonchev–Trinajstić information content (AvgIpc) is 2.98. The fourth-order valence-corrected chi connectivity index (χ4v) is 3.59. The van der Waals surface area contributed by atoms with E-state index in [1.807, 2.05) is 0 Å². The Hall–Kier alpha value is -3.10. The number of hydrogen-bond donors (Lipinski definition) is 3. The van der Waals surface area contributed by atoms with Gasteiger partial charge in [0.15, 0.2) is 11.6 Å². The molecule has 0 unspecified atom stereocenters. The number of aromatic hydroxyl groups is 1. The topological polar surface area (TPSA) is 109 Å². The molecule has 3 rings (SSSR count). The Morgan fingerprint density at radius 2 is 1.84 bits per heavy atom. The number of nitrogens with zero attached hydrogens (tertiary/aromatic N) is 1. The molecule has 0 aliphatic heterocycles. The number of carboxylic acid groups (broad SMARTS) is 1. The standard InChI is InChI=1S/C21H17Cl2FN2O5/c1-10-12(9-17(28)25-7-6-18(29)30)19-15(4-5-16(27)20(19)24)26(10)21(31)11-2-3-13(22)14(23)8-11/h2-5,8,27H,6-7,9H2,1H3,(H,25,28)(H,29,30). The minimum Gasteiger partial charge on any atom is -0.505 e. The van der Waals surface area contributed by atoms with Gasteiger partial charge < -0.3 is 15.5 Å². The van der Waals surface area contributed by atoms with Gasteiger partial charge in [0.05, 0.1) is 28.4 Å². The molecule has 0 saturated carbocycles. The maximum absolute atomic E-state index is 14.8. The smallest absolute Gasteiger partial charge is 0.305 e. The Kier molecular flexibility index (Phi) is 6.52. The van der Waals surface area contributed by atoms with Crippen LogP contribution in [0.15, 0.2) is 30.3 Å². The van der Waals surface area contributed by atoms with Crippen molar-refractivity contribution in [3.8, 4) is 5.75 Å². The zero-order valence-corrected chi connectivity index (χ0v) is 17.7. The van der Waals surface area contributed by atoms with Crippen LogP contribution in [0.25, 0.3) is 10.9 Å². The van der Waals surface area contributed by atoms with E-state index in [1.54, 1.807) is 6.92 Å². The van der Waals surface area contributed by atoms with Gasteiger partial charge in [-0.1, -0.05) is 23.2 Å². The molecule has 1 aromatic heterocycles. The summed E-state index contributed by atoms with van der Waals surface area (Å²) in [6, 6.07) is 6.80. The van der Waals surface area contributed by atoms with Gasteiger partial charge in [-0.2, -0.15) is 0 Å².